The van der Waals surface area contributed by atoms with E-state index in [2.05, 4.69) is 11.1 Å². The van der Waals surface area contributed by atoms with Gasteiger partial charge in [-0.25, -0.2) is 4.98 Å². The van der Waals surface area contributed by atoms with E-state index in [1.807, 2.05) is 18.2 Å². The number of ether oxygens (including phenoxy) is 1. The lowest BCUT2D eigenvalue weighted by atomic mass is 10.1. The van der Waals surface area contributed by atoms with Gasteiger partial charge in [-0.1, -0.05) is 30.3 Å². The number of hydrogen-bond acceptors (Lipinski definition) is 4. The van der Waals surface area contributed by atoms with Crippen molar-refractivity contribution in [3.05, 3.63) is 84.3 Å². The van der Waals surface area contributed by atoms with E-state index in [0.717, 1.165) is 0 Å². The van der Waals surface area contributed by atoms with Crippen molar-refractivity contribution in [2.45, 2.75) is 6.54 Å². The Labute approximate surface area is 139 Å². The second-order valence-corrected chi connectivity index (χ2v) is 5.07. The highest BCUT2D eigenvalue weighted by Gasteiger charge is 2.18. The minimum Gasteiger partial charge on any atom is -0.404 e. The van der Waals surface area contributed by atoms with Gasteiger partial charge in [-0.15, -0.1) is 0 Å². The van der Waals surface area contributed by atoms with Crippen LogP contribution in [0.15, 0.2) is 73.2 Å². The Balaban J connectivity index is 1.80. The van der Waals surface area contributed by atoms with Gasteiger partial charge in [-0.2, -0.15) is 9.83 Å². The zero-order valence-corrected chi connectivity index (χ0v) is 12.8. The van der Waals surface area contributed by atoms with E-state index in [4.69, 9.17) is 10.00 Å². The molecule has 1 aromatic heterocycles. The second kappa shape index (κ2) is 7.16. The van der Waals surface area contributed by atoms with Gasteiger partial charge in [0.25, 0.3) is 0 Å². The molecule has 0 radical (unpaired) electrons. The maximum absolute atomic E-state index is 12.4. The van der Waals surface area contributed by atoms with Crippen molar-refractivity contribution in [1.82, 2.24) is 4.98 Å². The molecule has 0 aliphatic rings. The van der Waals surface area contributed by atoms with E-state index >= 15 is 0 Å². The number of carbonyl (C=O) groups excluding carboxylic acids is 1. The maximum atomic E-state index is 12.4. The number of rotatable bonds is 5. The fraction of sp³-hybridized carbons (Fsp3) is 0.0526. The zero-order valence-electron chi connectivity index (χ0n) is 12.8. The number of nitriles is 1. The van der Waals surface area contributed by atoms with Crippen LogP contribution in [0.4, 0.5) is 0 Å². The van der Waals surface area contributed by atoms with Crippen molar-refractivity contribution in [3.63, 3.8) is 0 Å². The SMILES string of the molecule is N#Cc1ccc(Oc2cncc[n+]2CC(=O)c2ccccc2)cc1. The third-order valence-corrected chi connectivity index (χ3v) is 3.42. The first-order valence-electron chi connectivity index (χ1n) is 7.36. The molecule has 116 valence electrons. The number of nitrogens with zero attached hydrogens (tertiary/aromatic N) is 3. The Morgan fingerprint density at radius 1 is 1.12 bits per heavy atom. The molecule has 0 spiro atoms. The Bertz CT molecular complexity index is 884. The molecule has 0 saturated heterocycles. The lowest BCUT2D eigenvalue weighted by Gasteiger charge is -2.05. The number of aromatic nitrogens is 2. The van der Waals surface area contributed by atoms with Crippen LogP contribution < -0.4 is 9.30 Å². The van der Waals surface area contributed by atoms with Crippen LogP contribution in [0.2, 0.25) is 0 Å². The molecule has 3 rings (SSSR count). The van der Waals surface area contributed by atoms with Gasteiger partial charge >= 0.3 is 5.88 Å². The van der Waals surface area contributed by atoms with Crippen molar-refractivity contribution >= 4 is 5.78 Å². The molecule has 3 aromatic rings. The molecule has 0 N–H and O–H groups in total. The average Bonchev–Trinajstić information content (AvgIpc) is 2.64. The van der Waals surface area contributed by atoms with Gasteiger partial charge in [0.05, 0.1) is 17.8 Å². The molecule has 2 aromatic carbocycles. The Morgan fingerprint density at radius 3 is 2.58 bits per heavy atom. The minimum absolute atomic E-state index is 0.0171. The van der Waals surface area contributed by atoms with Crippen LogP contribution in [-0.4, -0.2) is 10.8 Å². The van der Waals surface area contributed by atoms with E-state index in [1.165, 1.54) is 0 Å². The first-order valence-corrected chi connectivity index (χ1v) is 7.36. The van der Waals surface area contributed by atoms with Crippen molar-refractivity contribution in [2.75, 3.05) is 0 Å². The zero-order chi connectivity index (χ0) is 16.8. The molecular formula is C19H14N3O2+. The van der Waals surface area contributed by atoms with Crippen molar-refractivity contribution in [1.29, 1.82) is 5.26 Å². The number of hydrogen-bond donors (Lipinski definition) is 0. The van der Waals surface area contributed by atoms with E-state index < -0.39 is 0 Å². The molecule has 0 fully saturated rings. The maximum Gasteiger partial charge on any atom is 0.392 e. The molecule has 0 bridgehead atoms. The molecule has 0 saturated carbocycles. The smallest absolute Gasteiger partial charge is 0.392 e. The molecular weight excluding hydrogens is 302 g/mol. The first kappa shape index (κ1) is 15.4. The molecule has 0 atom stereocenters. The van der Waals surface area contributed by atoms with E-state index in [0.29, 0.717) is 22.8 Å². The summed E-state index contributed by atoms with van der Waals surface area (Å²) >= 11 is 0. The van der Waals surface area contributed by atoms with Gasteiger partial charge in [0.15, 0.2) is 6.20 Å². The van der Waals surface area contributed by atoms with Crippen LogP contribution >= 0.6 is 0 Å². The minimum atomic E-state index is -0.0171. The molecule has 24 heavy (non-hydrogen) atoms. The predicted octanol–water partition coefficient (Wildman–Crippen LogP) is 2.92. The van der Waals surface area contributed by atoms with Crippen LogP contribution in [0.3, 0.4) is 0 Å². The van der Waals surface area contributed by atoms with E-state index in [1.54, 1.807) is 59.6 Å². The summed E-state index contributed by atoms with van der Waals surface area (Å²) in [6, 6.07) is 17.9. The lowest BCUT2D eigenvalue weighted by molar-refractivity contribution is -0.687. The predicted molar refractivity (Wildman–Crippen MR) is 86.4 cm³/mol. The van der Waals surface area contributed by atoms with Crippen LogP contribution in [0.5, 0.6) is 11.6 Å². The highest BCUT2D eigenvalue weighted by molar-refractivity contribution is 5.94. The monoisotopic (exact) mass is 316 g/mol. The first-order chi connectivity index (χ1) is 11.8. The Hall–Kier alpha value is -3.52. The van der Waals surface area contributed by atoms with Crippen molar-refractivity contribution < 1.29 is 14.1 Å². The van der Waals surface area contributed by atoms with E-state index in [-0.39, 0.29) is 12.3 Å². The Morgan fingerprint density at radius 2 is 1.88 bits per heavy atom. The fourth-order valence-corrected chi connectivity index (χ4v) is 2.18. The van der Waals surface area contributed by atoms with Crippen LogP contribution in [0, 0.1) is 11.3 Å². The highest BCUT2D eigenvalue weighted by atomic mass is 16.5. The standard InChI is InChI=1S/C19H14N3O2/c20-12-15-6-8-17(9-7-15)24-19-13-21-10-11-22(19)14-18(23)16-4-2-1-3-5-16/h1-11,13H,14H2/q+1. The molecule has 1 heterocycles. The lowest BCUT2D eigenvalue weighted by Crippen LogP contribution is -2.39. The van der Waals surface area contributed by atoms with Gasteiger partial charge in [0.2, 0.25) is 12.3 Å². The quantitative estimate of drug-likeness (QED) is 0.536. The van der Waals surface area contributed by atoms with Gasteiger partial charge in [-0.05, 0) is 24.3 Å². The van der Waals surface area contributed by atoms with Crippen molar-refractivity contribution in [2.24, 2.45) is 0 Å². The number of ketones is 1. The fourth-order valence-electron chi connectivity index (χ4n) is 2.18. The second-order valence-electron chi connectivity index (χ2n) is 5.07. The normalized spacial score (nSPS) is 9.96. The largest absolute Gasteiger partial charge is 0.404 e. The third-order valence-electron chi connectivity index (χ3n) is 3.42. The van der Waals surface area contributed by atoms with Gasteiger partial charge in [0, 0.05) is 5.56 Å². The summed E-state index contributed by atoms with van der Waals surface area (Å²) < 4.78 is 7.48. The summed E-state index contributed by atoms with van der Waals surface area (Å²) in [5.74, 6) is 1.01. The molecule has 0 unspecified atom stereocenters. The summed E-state index contributed by atoms with van der Waals surface area (Å²) in [4.78, 5) is 16.4. The summed E-state index contributed by atoms with van der Waals surface area (Å²) in [7, 11) is 0. The van der Waals surface area contributed by atoms with Gasteiger partial charge < -0.3 is 4.74 Å². The van der Waals surface area contributed by atoms with Crippen LogP contribution in [0.1, 0.15) is 15.9 Å². The average molecular weight is 316 g/mol. The topological polar surface area (TPSA) is 66.9 Å². The number of carbonyl (C=O) groups is 1. The highest BCUT2D eigenvalue weighted by Crippen LogP contribution is 2.18. The van der Waals surface area contributed by atoms with Crippen LogP contribution in [0.25, 0.3) is 0 Å². The molecule has 0 aliphatic carbocycles. The number of Topliss-reactive ketones (excluding diaryl/α,β-unsaturated/α-hetero) is 1. The molecule has 0 aliphatic heterocycles. The van der Waals surface area contributed by atoms with Crippen LogP contribution in [-0.2, 0) is 6.54 Å². The third kappa shape index (κ3) is 3.62. The Kier molecular flexibility index (Phi) is 4.59. The summed E-state index contributed by atoms with van der Waals surface area (Å²) in [6.07, 6.45) is 4.85. The molecule has 0 amide bonds. The molecule has 5 nitrogen and oxygen atoms in total. The van der Waals surface area contributed by atoms with Gasteiger partial charge in [-0.3, -0.25) is 4.79 Å². The summed E-state index contributed by atoms with van der Waals surface area (Å²) in [5.41, 5.74) is 1.20. The summed E-state index contributed by atoms with van der Waals surface area (Å²) in [6.45, 7) is 0.151. The molecule has 5 heteroatoms. The van der Waals surface area contributed by atoms with Gasteiger partial charge in [0.1, 0.15) is 11.9 Å². The van der Waals surface area contributed by atoms with Crippen molar-refractivity contribution in [3.8, 4) is 17.7 Å². The number of benzene rings is 2. The van der Waals surface area contributed by atoms with E-state index in [9.17, 15) is 4.79 Å². The summed E-state index contributed by atoms with van der Waals surface area (Å²) in [5, 5.41) is 8.83.